The lowest BCUT2D eigenvalue weighted by Gasteiger charge is -2.22. The van der Waals surface area contributed by atoms with Crippen molar-refractivity contribution >= 4 is 51.4 Å². The molecule has 0 N–H and O–H groups in total. The fourth-order valence-electron chi connectivity index (χ4n) is 3.59. The van der Waals surface area contributed by atoms with Crippen LogP contribution in [0.2, 0.25) is 5.02 Å². The first kappa shape index (κ1) is 27.1. The average molecular weight is 554 g/mol. The van der Waals surface area contributed by atoms with Gasteiger partial charge in [-0.1, -0.05) is 17.7 Å². The minimum Gasteiger partial charge on any atom is -0.383 e. The van der Waals surface area contributed by atoms with Gasteiger partial charge in [0.15, 0.2) is 5.17 Å². The molecule has 8 nitrogen and oxygen atoms in total. The highest BCUT2D eigenvalue weighted by atomic mass is 35.5. The number of halogens is 4. The largest absolute Gasteiger partial charge is 0.417 e. The van der Waals surface area contributed by atoms with Crippen LogP contribution in [0.15, 0.2) is 46.6 Å². The third kappa shape index (κ3) is 6.50. The quantitative estimate of drug-likeness (QED) is 0.355. The summed E-state index contributed by atoms with van der Waals surface area (Å²) in [5.41, 5.74) is 0.893. The Morgan fingerprint density at radius 3 is 2.51 bits per heavy atom. The fourth-order valence-corrected chi connectivity index (χ4v) is 4.78. The summed E-state index contributed by atoms with van der Waals surface area (Å²) in [6.07, 6.45) is -0.359. The van der Waals surface area contributed by atoms with Gasteiger partial charge in [-0.2, -0.15) is 23.3 Å². The van der Waals surface area contributed by atoms with Crippen LogP contribution in [0.5, 0.6) is 0 Å². The minimum atomic E-state index is -4.52. The van der Waals surface area contributed by atoms with Gasteiger partial charge in [-0.25, -0.2) is 0 Å². The SMILES string of the molecule is COCCN(CCOC)C1=NC(=O)/C(=C/c2ccc3c(cnn3Cc3ncc(C(F)(F)F)cc3Cl)c2)S1. The molecule has 0 saturated carbocycles. The van der Waals surface area contributed by atoms with Gasteiger partial charge in [-0.3, -0.25) is 14.5 Å². The normalized spacial score (nSPS) is 15.1. The summed E-state index contributed by atoms with van der Waals surface area (Å²) in [6.45, 7) is 2.24. The van der Waals surface area contributed by atoms with E-state index < -0.39 is 11.7 Å². The van der Waals surface area contributed by atoms with E-state index in [0.717, 1.165) is 28.7 Å². The minimum absolute atomic E-state index is 0.0857. The highest BCUT2D eigenvalue weighted by molar-refractivity contribution is 8.18. The Labute approximate surface area is 220 Å². The van der Waals surface area contributed by atoms with Gasteiger partial charge in [0.05, 0.1) is 52.7 Å². The number of carbonyl (C=O) groups excluding carboxylic acids is 1. The Kier molecular flexibility index (Phi) is 8.53. The summed E-state index contributed by atoms with van der Waals surface area (Å²) < 4.78 is 50.6. The van der Waals surface area contributed by atoms with Gasteiger partial charge in [0.25, 0.3) is 5.91 Å². The molecule has 1 amide bonds. The Bertz CT molecular complexity index is 1350. The van der Waals surface area contributed by atoms with Gasteiger partial charge in [-0.15, -0.1) is 0 Å². The summed E-state index contributed by atoms with van der Waals surface area (Å²) in [4.78, 5) is 23.1. The number of hydrogen-bond acceptors (Lipinski definition) is 7. The Morgan fingerprint density at radius 1 is 1.14 bits per heavy atom. The van der Waals surface area contributed by atoms with Gasteiger partial charge >= 0.3 is 6.18 Å². The number of thioether (sulfide) groups is 1. The molecule has 1 aromatic carbocycles. The van der Waals surface area contributed by atoms with Crippen LogP contribution in [0.1, 0.15) is 16.8 Å². The van der Waals surface area contributed by atoms with E-state index in [2.05, 4.69) is 15.1 Å². The molecule has 0 spiro atoms. The summed E-state index contributed by atoms with van der Waals surface area (Å²) in [5.74, 6) is -0.321. The first-order chi connectivity index (χ1) is 17.7. The van der Waals surface area contributed by atoms with Crippen LogP contribution >= 0.6 is 23.4 Å². The van der Waals surface area contributed by atoms with E-state index in [1.807, 2.05) is 23.1 Å². The van der Waals surface area contributed by atoms with E-state index in [0.29, 0.717) is 36.4 Å². The van der Waals surface area contributed by atoms with Gasteiger partial charge < -0.3 is 14.4 Å². The summed E-state index contributed by atoms with van der Waals surface area (Å²) in [7, 11) is 3.23. The zero-order valence-electron chi connectivity index (χ0n) is 20.0. The van der Waals surface area contributed by atoms with Crippen molar-refractivity contribution in [2.24, 2.45) is 4.99 Å². The lowest BCUT2D eigenvalue weighted by molar-refractivity contribution is -0.137. The number of rotatable bonds is 9. The molecule has 3 aromatic rings. The molecule has 37 heavy (non-hydrogen) atoms. The molecule has 3 heterocycles. The van der Waals surface area contributed by atoms with Crippen molar-refractivity contribution in [2.75, 3.05) is 40.5 Å². The molecule has 0 unspecified atom stereocenters. The van der Waals surface area contributed by atoms with Crippen LogP contribution in [0.4, 0.5) is 13.2 Å². The summed E-state index contributed by atoms with van der Waals surface area (Å²) in [6, 6.07) is 6.38. The second-order valence-electron chi connectivity index (χ2n) is 8.05. The molecular weight excluding hydrogens is 531 g/mol. The van der Waals surface area contributed by atoms with E-state index in [1.54, 1.807) is 31.2 Å². The van der Waals surface area contributed by atoms with Crippen molar-refractivity contribution in [3.05, 3.63) is 63.4 Å². The number of aromatic nitrogens is 3. The molecule has 1 aliphatic rings. The number of pyridine rings is 1. The van der Waals surface area contributed by atoms with E-state index in [-0.39, 0.29) is 23.2 Å². The van der Waals surface area contributed by atoms with E-state index in [1.165, 1.54) is 11.8 Å². The first-order valence-electron chi connectivity index (χ1n) is 11.1. The number of fused-ring (bicyclic) bond motifs is 1. The number of amidine groups is 1. The molecule has 0 fully saturated rings. The third-order valence-corrected chi connectivity index (χ3v) is 6.89. The fraction of sp³-hybridized carbons (Fsp3) is 0.333. The van der Waals surface area contributed by atoms with E-state index in [4.69, 9.17) is 21.1 Å². The molecule has 13 heteroatoms. The molecule has 0 aliphatic carbocycles. The highest BCUT2D eigenvalue weighted by Gasteiger charge is 2.31. The zero-order valence-corrected chi connectivity index (χ0v) is 21.5. The number of benzene rings is 1. The van der Waals surface area contributed by atoms with Crippen molar-refractivity contribution in [1.29, 1.82) is 0 Å². The van der Waals surface area contributed by atoms with Crippen LogP contribution in [-0.2, 0) is 27.0 Å². The average Bonchev–Trinajstić information content (AvgIpc) is 3.42. The topological polar surface area (TPSA) is 81.8 Å². The Morgan fingerprint density at radius 2 is 1.86 bits per heavy atom. The molecular formula is C24H23ClF3N5O3S. The number of amides is 1. The number of alkyl halides is 3. The van der Waals surface area contributed by atoms with Crippen molar-refractivity contribution in [3.63, 3.8) is 0 Å². The lowest BCUT2D eigenvalue weighted by Crippen LogP contribution is -2.34. The lowest BCUT2D eigenvalue weighted by atomic mass is 10.1. The molecule has 2 aromatic heterocycles. The Balaban J connectivity index is 1.50. The third-order valence-electron chi connectivity index (χ3n) is 5.52. The van der Waals surface area contributed by atoms with Crippen LogP contribution < -0.4 is 0 Å². The van der Waals surface area contributed by atoms with Gasteiger partial charge in [0.2, 0.25) is 0 Å². The second kappa shape index (κ2) is 11.6. The van der Waals surface area contributed by atoms with Crippen LogP contribution in [0.3, 0.4) is 0 Å². The predicted molar refractivity (Wildman–Crippen MR) is 136 cm³/mol. The second-order valence-corrected chi connectivity index (χ2v) is 9.47. The molecule has 1 aliphatic heterocycles. The van der Waals surface area contributed by atoms with E-state index >= 15 is 0 Å². The maximum atomic E-state index is 12.9. The maximum Gasteiger partial charge on any atom is 0.417 e. The number of aliphatic imine (C=N–C) groups is 1. The molecule has 0 bridgehead atoms. The number of carbonyl (C=O) groups is 1. The van der Waals surface area contributed by atoms with Gasteiger partial charge in [0.1, 0.15) is 0 Å². The smallest absolute Gasteiger partial charge is 0.383 e. The van der Waals surface area contributed by atoms with Crippen molar-refractivity contribution in [2.45, 2.75) is 12.7 Å². The van der Waals surface area contributed by atoms with E-state index in [9.17, 15) is 18.0 Å². The van der Waals surface area contributed by atoms with Crippen LogP contribution in [-0.4, -0.2) is 71.3 Å². The number of hydrogen-bond donors (Lipinski definition) is 0. The molecule has 4 rings (SSSR count). The number of nitrogens with zero attached hydrogens (tertiary/aromatic N) is 5. The Hall–Kier alpha value is -2.93. The maximum absolute atomic E-state index is 12.9. The number of methoxy groups -OCH3 is 2. The molecule has 0 radical (unpaired) electrons. The summed E-state index contributed by atoms with van der Waals surface area (Å²) >= 11 is 7.35. The standard InChI is InChI=1S/C24H23ClF3N5O3S/c1-35-7-5-32(6-8-36-2)23-31-22(34)21(37-23)10-15-3-4-20-16(9-15)12-30-33(20)14-19-18(25)11-17(13-29-19)24(26,27)28/h3-4,9-13H,5-8,14H2,1-2H3/b21-10-. The van der Waals surface area contributed by atoms with Gasteiger partial charge in [-0.05, 0) is 41.6 Å². The number of ether oxygens (including phenoxy) is 2. The van der Waals surface area contributed by atoms with Crippen LogP contribution in [0.25, 0.3) is 17.0 Å². The monoisotopic (exact) mass is 553 g/mol. The van der Waals surface area contributed by atoms with Gasteiger partial charge in [0, 0.05) is 38.9 Å². The van der Waals surface area contributed by atoms with Crippen molar-refractivity contribution in [1.82, 2.24) is 19.7 Å². The first-order valence-corrected chi connectivity index (χ1v) is 12.3. The molecule has 196 valence electrons. The summed E-state index contributed by atoms with van der Waals surface area (Å²) in [5, 5.41) is 5.63. The van der Waals surface area contributed by atoms with Crippen molar-refractivity contribution in [3.8, 4) is 0 Å². The molecule has 0 saturated heterocycles. The van der Waals surface area contributed by atoms with Crippen LogP contribution in [0, 0.1) is 0 Å². The zero-order chi connectivity index (χ0) is 26.6. The van der Waals surface area contributed by atoms with Crippen molar-refractivity contribution < 1.29 is 27.4 Å². The molecule has 0 atom stereocenters. The highest BCUT2D eigenvalue weighted by Crippen LogP contribution is 2.32. The predicted octanol–water partition coefficient (Wildman–Crippen LogP) is 4.72.